The van der Waals surface area contributed by atoms with Crippen LogP contribution in [0.3, 0.4) is 0 Å². The molecule has 1 unspecified atom stereocenters. The van der Waals surface area contributed by atoms with Crippen LogP contribution in [-0.2, 0) is 16.1 Å². The molecule has 0 bridgehead atoms. The van der Waals surface area contributed by atoms with Crippen molar-refractivity contribution in [1.29, 1.82) is 0 Å². The zero-order valence-electron chi connectivity index (χ0n) is 17.2. The number of hydrogen-bond acceptors (Lipinski definition) is 3. The quantitative estimate of drug-likeness (QED) is 0.483. The van der Waals surface area contributed by atoms with Crippen LogP contribution in [0.4, 0.5) is 0 Å². The second kappa shape index (κ2) is 8.46. The Labute approximate surface area is 176 Å². The third-order valence-electron chi connectivity index (χ3n) is 5.35. The molecule has 0 N–H and O–H groups in total. The largest absolute Gasteiger partial charge is 0.333 e. The topological polar surface area (TPSA) is 50.3 Å². The van der Waals surface area contributed by atoms with Gasteiger partial charge in [0.2, 0.25) is 0 Å². The lowest BCUT2D eigenvalue weighted by atomic mass is 9.84. The molecule has 4 heteroatoms. The monoisotopic (exact) mass is 396 g/mol. The Kier molecular flexibility index (Phi) is 5.57. The summed E-state index contributed by atoms with van der Waals surface area (Å²) >= 11 is 0. The minimum Gasteiger partial charge on any atom is -0.333 e. The van der Waals surface area contributed by atoms with Crippen molar-refractivity contribution in [2.24, 2.45) is 0 Å². The summed E-state index contributed by atoms with van der Waals surface area (Å²) in [6.45, 7) is 4.89. The molecular formula is C26H24N2O2. The van der Waals surface area contributed by atoms with E-state index < -0.39 is 0 Å². The summed E-state index contributed by atoms with van der Waals surface area (Å²) in [7, 11) is 0. The maximum atomic E-state index is 13.4. The summed E-state index contributed by atoms with van der Waals surface area (Å²) in [4.78, 5) is 32.7. The van der Waals surface area contributed by atoms with Crippen molar-refractivity contribution in [3.8, 4) is 0 Å². The standard InChI is InChI=1S/C26H24N2O2/c1-18-12-19(2)14-21(13-18)24-17-28(16-20-8-4-3-5-9-20)26(30)23(25(24)29)15-22-10-6-7-11-27-22/h3-15,24H,16-17H2,1-2H3/b23-15-. The Morgan fingerprint density at radius 2 is 1.67 bits per heavy atom. The number of hydrogen-bond donors (Lipinski definition) is 0. The summed E-state index contributed by atoms with van der Waals surface area (Å²) in [6, 6.07) is 21.5. The van der Waals surface area contributed by atoms with Crippen LogP contribution >= 0.6 is 0 Å². The Morgan fingerprint density at radius 3 is 2.33 bits per heavy atom. The molecule has 1 aliphatic rings. The van der Waals surface area contributed by atoms with E-state index in [0.717, 1.165) is 22.3 Å². The van der Waals surface area contributed by atoms with E-state index in [2.05, 4.69) is 11.1 Å². The molecule has 0 saturated carbocycles. The number of benzene rings is 2. The van der Waals surface area contributed by atoms with E-state index in [-0.39, 0.29) is 23.2 Å². The molecule has 3 aromatic rings. The lowest BCUT2D eigenvalue weighted by Crippen LogP contribution is -2.45. The van der Waals surface area contributed by atoms with Gasteiger partial charge in [-0.15, -0.1) is 0 Å². The third-order valence-corrected chi connectivity index (χ3v) is 5.35. The number of likely N-dealkylation sites (tertiary alicyclic amines) is 1. The fourth-order valence-corrected chi connectivity index (χ4v) is 4.00. The lowest BCUT2D eigenvalue weighted by molar-refractivity contribution is -0.134. The van der Waals surface area contributed by atoms with Crippen LogP contribution < -0.4 is 0 Å². The van der Waals surface area contributed by atoms with Crippen molar-refractivity contribution in [3.05, 3.63) is 106 Å². The highest BCUT2D eigenvalue weighted by Crippen LogP contribution is 2.31. The van der Waals surface area contributed by atoms with Gasteiger partial charge in [0, 0.05) is 19.3 Å². The second-order valence-electron chi connectivity index (χ2n) is 7.82. The molecule has 0 spiro atoms. The fourth-order valence-electron chi connectivity index (χ4n) is 4.00. The van der Waals surface area contributed by atoms with Crippen molar-refractivity contribution >= 4 is 17.8 Å². The fraction of sp³-hybridized carbons (Fsp3) is 0.192. The first-order chi connectivity index (χ1) is 14.5. The second-order valence-corrected chi connectivity index (χ2v) is 7.82. The van der Waals surface area contributed by atoms with Crippen molar-refractivity contribution in [1.82, 2.24) is 9.88 Å². The van der Waals surface area contributed by atoms with Crippen LogP contribution in [0.2, 0.25) is 0 Å². The van der Waals surface area contributed by atoms with Gasteiger partial charge in [0.05, 0.1) is 17.2 Å². The third kappa shape index (κ3) is 4.23. The molecule has 1 aromatic heterocycles. The molecule has 4 nitrogen and oxygen atoms in total. The molecule has 1 fully saturated rings. The molecule has 1 saturated heterocycles. The highest BCUT2D eigenvalue weighted by atomic mass is 16.2. The normalized spacial score (nSPS) is 18.1. The zero-order valence-corrected chi connectivity index (χ0v) is 17.2. The first kappa shape index (κ1) is 19.8. The van der Waals surface area contributed by atoms with E-state index in [1.54, 1.807) is 23.2 Å². The predicted molar refractivity (Wildman–Crippen MR) is 118 cm³/mol. The molecule has 1 atom stereocenters. The van der Waals surface area contributed by atoms with Crippen LogP contribution in [0.15, 0.2) is 78.5 Å². The van der Waals surface area contributed by atoms with Gasteiger partial charge in [0.1, 0.15) is 0 Å². The van der Waals surface area contributed by atoms with Crippen LogP contribution in [0.25, 0.3) is 6.08 Å². The van der Waals surface area contributed by atoms with E-state index in [0.29, 0.717) is 18.8 Å². The van der Waals surface area contributed by atoms with Gasteiger partial charge in [0.25, 0.3) is 5.91 Å². The van der Waals surface area contributed by atoms with Crippen LogP contribution in [-0.4, -0.2) is 28.1 Å². The highest BCUT2D eigenvalue weighted by Gasteiger charge is 2.38. The molecule has 2 heterocycles. The molecule has 0 aliphatic carbocycles. The van der Waals surface area contributed by atoms with E-state index in [1.165, 1.54) is 0 Å². The summed E-state index contributed by atoms with van der Waals surface area (Å²) in [5.74, 6) is -0.768. The van der Waals surface area contributed by atoms with E-state index >= 15 is 0 Å². The molecule has 1 aliphatic heterocycles. The van der Waals surface area contributed by atoms with Crippen molar-refractivity contribution < 1.29 is 9.59 Å². The molecule has 4 rings (SSSR count). The molecule has 2 aromatic carbocycles. The minimum absolute atomic E-state index is 0.139. The van der Waals surface area contributed by atoms with Gasteiger partial charge < -0.3 is 4.90 Å². The Hall–Kier alpha value is -3.53. The number of piperidine rings is 1. The molecular weight excluding hydrogens is 372 g/mol. The van der Waals surface area contributed by atoms with Gasteiger partial charge in [0.15, 0.2) is 5.78 Å². The summed E-state index contributed by atoms with van der Waals surface area (Å²) < 4.78 is 0. The van der Waals surface area contributed by atoms with Gasteiger partial charge in [-0.25, -0.2) is 0 Å². The maximum absolute atomic E-state index is 13.4. The lowest BCUT2D eigenvalue weighted by Gasteiger charge is -2.33. The molecule has 150 valence electrons. The number of Topliss-reactive ketones (excluding diaryl/α,β-unsaturated/α-hetero) is 1. The number of amides is 1. The van der Waals surface area contributed by atoms with Crippen molar-refractivity contribution in [2.45, 2.75) is 26.3 Å². The summed E-state index contributed by atoms with van der Waals surface area (Å²) in [5, 5.41) is 0. The van der Waals surface area contributed by atoms with Gasteiger partial charge in [-0.1, -0.05) is 65.7 Å². The van der Waals surface area contributed by atoms with Crippen LogP contribution in [0.5, 0.6) is 0 Å². The first-order valence-corrected chi connectivity index (χ1v) is 10.1. The number of rotatable bonds is 4. The van der Waals surface area contributed by atoms with Gasteiger partial charge in [-0.3, -0.25) is 14.6 Å². The highest BCUT2D eigenvalue weighted by molar-refractivity contribution is 6.25. The Morgan fingerprint density at radius 1 is 0.967 bits per heavy atom. The van der Waals surface area contributed by atoms with Crippen LogP contribution in [0.1, 0.15) is 33.9 Å². The molecule has 1 amide bonds. The Bertz CT molecular complexity index is 1080. The predicted octanol–water partition coefficient (Wildman–Crippen LogP) is 4.48. The SMILES string of the molecule is Cc1cc(C)cc(C2CN(Cc3ccccc3)C(=O)/C(=C\c3ccccn3)C2=O)c1. The number of nitrogens with zero attached hydrogens (tertiary/aromatic N) is 2. The minimum atomic E-state index is -0.389. The number of ketones is 1. The van der Waals surface area contributed by atoms with Crippen LogP contribution in [0, 0.1) is 13.8 Å². The zero-order chi connectivity index (χ0) is 21.1. The van der Waals surface area contributed by atoms with Gasteiger partial charge in [-0.2, -0.15) is 0 Å². The van der Waals surface area contributed by atoms with Crippen molar-refractivity contribution in [3.63, 3.8) is 0 Å². The number of carbonyl (C=O) groups is 2. The smallest absolute Gasteiger partial charge is 0.257 e. The molecule has 30 heavy (non-hydrogen) atoms. The summed E-state index contributed by atoms with van der Waals surface area (Å²) in [5.41, 5.74) is 5.01. The van der Waals surface area contributed by atoms with E-state index in [9.17, 15) is 9.59 Å². The van der Waals surface area contributed by atoms with Gasteiger partial charge >= 0.3 is 0 Å². The molecule has 0 radical (unpaired) electrons. The number of aromatic nitrogens is 1. The number of pyridine rings is 1. The summed E-state index contributed by atoms with van der Waals surface area (Å²) in [6.07, 6.45) is 3.28. The number of carbonyl (C=O) groups excluding carboxylic acids is 2. The van der Waals surface area contributed by atoms with E-state index in [4.69, 9.17) is 0 Å². The van der Waals surface area contributed by atoms with E-state index in [1.807, 2.05) is 68.4 Å². The average Bonchev–Trinajstić information content (AvgIpc) is 2.74. The average molecular weight is 396 g/mol. The van der Waals surface area contributed by atoms with Crippen molar-refractivity contribution in [2.75, 3.05) is 6.54 Å². The maximum Gasteiger partial charge on any atom is 0.257 e. The van der Waals surface area contributed by atoms with Gasteiger partial charge in [-0.05, 0) is 43.2 Å². The first-order valence-electron chi connectivity index (χ1n) is 10.1. The Balaban J connectivity index is 1.76. The number of aryl methyl sites for hydroxylation is 2.